The summed E-state index contributed by atoms with van der Waals surface area (Å²) in [5.74, 6) is 0.890. The van der Waals surface area contributed by atoms with E-state index in [-0.39, 0.29) is 6.10 Å². The van der Waals surface area contributed by atoms with Crippen molar-refractivity contribution in [1.29, 1.82) is 0 Å². The number of rotatable bonds is 4. The second-order valence-corrected chi connectivity index (χ2v) is 5.03. The van der Waals surface area contributed by atoms with Crippen molar-refractivity contribution in [3.05, 3.63) is 0 Å². The monoisotopic (exact) mass is 227 g/mol. The summed E-state index contributed by atoms with van der Waals surface area (Å²) in [6.45, 7) is 1.47. The van der Waals surface area contributed by atoms with Gasteiger partial charge in [-0.05, 0) is 12.7 Å². The predicted octanol–water partition coefficient (Wildman–Crippen LogP) is 0.490. The van der Waals surface area contributed by atoms with Crippen molar-refractivity contribution in [3.63, 3.8) is 0 Å². The lowest BCUT2D eigenvalue weighted by Crippen LogP contribution is -2.22. The number of thioether (sulfide) groups is 1. The Balaban J connectivity index is 2.29. The number of nitrogens with zero attached hydrogens (tertiary/aromatic N) is 1. The average molecular weight is 227 g/mol. The highest BCUT2D eigenvalue weighted by atomic mass is 32.2. The Hall–Kier alpha value is 0.420. The maximum absolute atomic E-state index is 10.5. The number of hydrogen-bond donors (Lipinski definition) is 2. The van der Waals surface area contributed by atoms with Crippen LogP contribution in [-0.4, -0.2) is 46.0 Å². The molecule has 1 aliphatic heterocycles. The zero-order valence-electron chi connectivity index (χ0n) is 7.42. The highest BCUT2D eigenvalue weighted by Crippen LogP contribution is 2.39. The van der Waals surface area contributed by atoms with E-state index in [1.165, 1.54) is 0 Å². The van der Waals surface area contributed by atoms with Crippen molar-refractivity contribution in [2.45, 2.75) is 12.5 Å². The molecule has 0 aromatic heterocycles. The molecule has 1 aliphatic rings. The fourth-order valence-corrected chi connectivity index (χ4v) is 2.54. The van der Waals surface area contributed by atoms with Gasteiger partial charge in [-0.1, -0.05) is 0 Å². The van der Waals surface area contributed by atoms with Crippen LogP contribution in [0.4, 0.5) is 0 Å². The smallest absolute Gasteiger partial charge is 0.303 e. The van der Waals surface area contributed by atoms with Crippen molar-refractivity contribution < 1.29 is 18.9 Å². The van der Waals surface area contributed by atoms with E-state index in [0.717, 1.165) is 12.4 Å². The van der Waals surface area contributed by atoms with Crippen LogP contribution < -0.4 is 0 Å². The summed E-state index contributed by atoms with van der Waals surface area (Å²) < 4.78 is 15.1. The molecular formula is C6H14NO4PS. The van der Waals surface area contributed by atoms with Crippen LogP contribution >= 0.6 is 19.6 Å². The van der Waals surface area contributed by atoms with Crippen LogP contribution in [0.25, 0.3) is 0 Å². The molecule has 2 N–H and O–H groups in total. The van der Waals surface area contributed by atoms with E-state index in [9.17, 15) is 4.57 Å². The molecule has 0 aromatic rings. The van der Waals surface area contributed by atoms with Crippen LogP contribution in [0.3, 0.4) is 0 Å². The van der Waals surface area contributed by atoms with Crippen molar-refractivity contribution in [2.75, 3.05) is 25.2 Å². The maximum atomic E-state index is 10.5. The molecule has 1 fully saturated rings. The van der Waals surface area contributed by atoms with Gasteiger partial charge in [0.25, 0.3) is 0 Å². The fraction of sp³-hybridized carbons (Fsp3) is 1.00. The quantitative estimate of drug-likeness (QED) is 0.681. The standard InChI is InChI=1S/C6H14NO4PS/c1-13-5-7-3-2-6(4-7)11-12(8,9)10/h6H,2-5H2,1H3,(H2,8,9,10). The van der Waals surface area contributed by atoms with Crippen molar-refractivity contribution in [2.24, 2.45) is 0 Å². The molecule has 1 unspecified atom stereocenters. The second kappa shape index (κ2) is 4.77. The van der Waals surface area contributed by atoms with Crippen LogP contribution in [-0.2, 0) is 9.09 Å². The Labute approximate surface area is 81.7 Å². The molecule has 13 heavy (non-hydrogen) atoms. The number of likely N-dealkylation sites (tertiary alicyclic amines) is 1. The summed E-state index contributed by atoms with van der Waals surface area (Å²) in [6, 6.07) is 0. The van der Waals surface area contributed by atoms with Gasteiger partial charge in [-0.3, -0.25) is 9.42 Å². The molecule has 0 saturated carbocycles. The minimum Gasteiger partial charge on any atom is -0.303 e. The molecule has 1 atom stereocenters. The number of phosphoric ester groups is 1. The van der Waals surface area contributed by atoms with Gasteiger partial charge in [-0.15, -0.1) is 11.8 Å². The lowest BCUT2D eigenvalue weighted by Gasteiger charge is -2.14. The Kier molecular flexibility index (Phi) is 4.22. The summed E-state index contributed by atoms with van der Waals surface area (Å²) in [6.07, 6.45) is 2.39. The number of hydrogen-bond acceptors (Lipinski definition) is 4. The molecule has 0 radical (unpaired) electrons. The zero-order valence-corrected chi connectivity index (χ0v) is 9.13. The summed E-state index contributed by atoms with van der Waals surface area (Å²) in [4.78, 5) is 19.2. The maximum Gasteiger partial charge on any atom is 0.469 e. The minimum absolute atomic E-state index is 0.312. The predicted molar refractivity (Wildman–Crippen MR) is 51.5 cm³/mol. The lowest BCUT2D eigenvalue weighted by molar-refractivity contribution is 0.138. The van der Waals surface area contributed by atoms with Gasteiger partial charge in [0.15, 0.2) is 0 Å². The number of phosphoric acid groups is 1. The highest BCUT2D eigenvalue weighted by Gasteiger charge is 2.28. The molecule has 0 bridgehead atoms. The van der Waals surface area contributed by atoms with Gasteiger partial charge < -0.3 is 9.79 Å². The topological polar surface area (TPSA) is 70.0 Å². The first-order chi connectivity index (χ1) is 6.01. The molecule has 0 amide bonds. The van der Waals surface area contributed by atoms with Gasteiger partial charge in [-0.25, -0.2) is 4.57 Å². The molecule has 0 aromatic carbocycles. The first-order valence-corrected chi connectivity index (χ1v) is 6.89. The van der Waals surface area contributed by atoms with Gasteiger partial charge in [0.2, 0.25) is 0 Å². The summed E-state index contributed by atoms with van der Waals surface area (Å²) in [5, 5.41) is 0. The Morgan fingerprint density at radius 1 is 1.69 bits per heavy atom. The molecule has 0 spiro atoms. The Bertz CT molecular complexity index is 209. The molecule has 1 saturated heterocycles. The summed E-state index contributed by atoms with van der Waals surface area (Å²) in [7, 11) is -4.29. The third kappa shape index (κ3) is 4.44. The van der Waals surface area contributed by atoms with Crippen LogP contribution in [0.5, 0.6) is 0 Å². The highest BCUT2D eigenvalue weighted by molar-refractivity contribution is 7.98. The van der Waals surface area contributed by atoms with E-state index in [0.29, 0.717) is 13.0 Å². The van der Waals surface area contributed by atoms with Crippen LogP contribution in [0, 0.1) is 0 Å². The molecule has 78 valence electrons. The van der Waals surface area contributed by atoms with E-state index < -0.39 is 7.82 Å². The third-order valence-electron chi connectivity index (χ3n) is 1.83. The van der Waals surface area contributed by atoms with E-state index in [2.05, 4.69) is 9.42 Å². The SMILES string of the molecule is CSCN1CCC(OP(=O)(O)O)C1. The van der Waals surface area contributed by atoms with Gasteiger partial charge in [0.1, 0.15) is 0 Å². The largest absolute Gasteiger partial charge is 0.469 e. The van der Waals surface area contributed by atoms with E-state index in [1.54, 1.807) is 11.8 Å². The first kappa shape index (κ1) is 11.5. The molecular weight excluding hydrogens is 213 g/mol. The van der Waals surface area contributed by atoms with Gasteiger partial charge >= 0.3 is 7.82 Å². The second-order valence-electron chi connectivity index (χ2n) is 3.00. The van der Waals surface area contributed by atoms with Crippen molar-refractivity contribution >= 4 is 19.6 Å². The fourth-order valence-electron chi connectivity index (χ4n) is 1.38. The lowest BCUT2D eigenvalue weighted by atomic mass is 10.3. The van der Waals surface area contributed by atoms with Gasteiger partial charge in [0.05, 0.1) is 6.10 Å². The van der Waals surface area contributed by atoms with Crippen LogP contribution in [0.2, 0.25) is 0 Å². The molecule has 5 nitrogen and oxygen atoms in total. The Morgan fingerprint density at radius 2 is 2.38 bits per heavy atom. The first-order valence-electron chi connectivity index (χ1n) is 3.96. The van der Waals surface area contributed by atoms with E-state index in [4.69, 9.17) is 9.79 Å². The van der Waals surface area contributed by atoms with Crippen molar-refractivity contribution in [3.8, 4) is 0 Å². The summed E-state index contributed by atoms with van der Waals surface area (Å²) >= 11 is 1.70. The normalized spacial score (nSPS) is 25.3. The zero-order chi connectivity index (χ0) is 9.90. The van der Waals surface area contributed by atoms with Crippen molar-refractivity contribution in [1.82, 2.24) is 4.90 Å². The van der Waals surface area contributed by atoms with Crippen LogP contribution in [0.1, 0.15) is 6.42 Å². The van der Waals surface area contributed by atoms with Gasteiger partial charge in [-0.2, -0.15) is 0 Å². The van der Waals surface area contributed by atoms with Gasteiger partial charge in [0, 0.05) is 19.0 Å². The van der Waals surface area contributed by atoms with Crippen LogP contribution in [0.15, 0.2) is 0 Å². The van der Waals surface area contributed by atoms with E-state index >= 15 is 0 Å². The molecule has 7 heteroatoms. The molecule has 0 aliphatic carbocycles. The molecule has 1 heterocycles. The Morgan fingerprint density at radius 3 is 2.92 bits per heavy atom. The summed E-state index contributed by atoms with van der Waals surface area (Å²) in [5.41, 5.74) is 0. The minimum atomic E-state index is -4.29. The third-order valence-corrected chi connectivity index (χ3v) is 3.02. The molecule has 1 rings (SSSR count). The van der Waals surface area contributed by atoms with E-state index in [1.807, 2.05) is 6.26 Å². The average Bonchev–Trinajstić information content (AvgIpc) is 2.33.